The highest BCUT2D eigenvalue weighted by atomic mass is 32.2. The predicted molar refractivity (Wildman–Crippen MR) is 106 cm³/mol. The molecule has 142 valence electrons. The summed E-state index contributed by atoms with van der Waals surface area (Å²) in [5.74, 6) is 0.00180. The lowest BCUT2D eigenvalue weighted by Crippen LogP contribution is -2.16. The normalized spacial score (nSPS) is 12.4. The van der Waals surface area contributed by atoms with E-state index in [-0.39, 0.29) is 17.1 Å². The van der Waals surface area contributed by atoms with Gasteiger partial charge in [-0.05, 0) is 31.2 Å². The van der Waals surface area contributed by atoms with Crippen LogP contribution in [0.25, 0.3) is 10.2 Å². The Balaban J connectivity index is 1.84. The van der Waals surface area contributed by atoms with Crippen molar-refractivity contribution in [3.8, 4) is 5.75 Å². The number of hydrogen-bond donors (Lipinski definition) is 0. The van der Waals surface area contributed by atoms with Gasteiger partial charge in [0.1, 0.15) is 11.3 Å². The summed E-state index contributed by atoms with van der Waals surface area (Å²) >= 11 is 1.37. The van der Waals surface area contributed by atoms with Crippen molar-refractivity contribution in [1.82, 2.24) is 4.57 Å². The fourth-order valence-electron chi connectivity index (χ4n) is 2.68. The number of aromatic nitrogens is 1. The molecule has 0 bridgehead atoms. The lowest BCUT2D eigenvalue weighted by molar-refractivity contribution is -0.117. The van der Waals surface area contributed by atoms with E-state index in [9.17, 15) is 13.2 Å². The summed E-state index contributed by atoms with van der Waals surface area (Å²) in [6.45, 7) is 2.45. The van der Waals surface area contributed by atoms with Crippen molar-refractivity contribution < 1.29 is 17.9 Å². The lowest BCUT2D eigenvalue weighted by Gasteiger charge is -2.05. The maximum Gasteiger partial charge on any atom is 0.249 e. The van der Waals surface area contributed by atoms with E-state index in [1.165, 1.54) is 23.5 Å². The Morgan fingerprint density at radius 2 is 1.89 bits per heavy atom. The third kappa shape index (κ3) is 4.28. The van der Waals surface area contributed by atoms with Gasteiger partial charge in [0.15, 0.2) is 14.6 Å². The van der Waals surface area contributed by atoms with Crippen LogP contribution in [-0.2, 0) is 21.7 Å². The van der Waals surface area contributed by atoms with Crippen molar-refractivity contribution in [2.24, 2.45) is 12.0 Å². The minimum absolute atomic E-state index is 0.163. The van der Waals surface area contributed by atoms with Crippen molar-refractivity contribution in [2.45, 2.75) is 18.2 Å². The molecule has 8 heteroatoms. The number of fused-ring (bicyclic) bond motifs is 1. The van der Waals surface area contributed by atoms with Crippen molar-refractivity contribution in [1.29, 1.82) is 0 Å². The molecule has 6 nitrogen and oxygen atoms in total. The molecule has 0 spiro atoms. The number of aryl methyl sites for hydroxylation is 1. The number of benzene rings is 2. The van der Waals surface area contributed by atoms with Crippen molar-refractivity contribution in [3.63, 3.8) is 0 Å². The van der Waals surface area contributed by atoms with Crippen molar-refractivity contribution in [2.75, 3.05) is 12.4 Å². The second-order valence-electron chi connectivity index (χ2n) is 5.87. The fraction of sp³-hybridized carbons (Fsp3) is 0.263. The Labute approximate surface area is 161 Å². The number of carbonyl (C=O) groups excluding carboxylic acids is 1. The molecule has 1 heterocycles. The Kier molecular flexibility index (Phi) is 5.76. The molecule has 1 amide bonds. The quantitative estimate of drug-likeness (QED) is 0.633. The first-order valence-corrected chi connectivity index (χ1v) is 11.0. The summed E-state index contributed by atoms with van der Waals surface area (Å²) in [5.41, 5.74) is 0.868. The summed E-state index contributed by atoms with van der Waals surface area (Å²) in [6, 6.07) is 13.8. The number of rotatable bonds is 6. The van der Waals surface area contributed by atoms with E-state index in [0.717, 1.165) is 16.0 Å². The highest BCUT2D eigenvalue weighted by Crippen LogP contribution is 2.26. The van der Waals surface area contributed by atoms with E-state index >= 15 is 0 Å². The second kappa shape index (κ2) is 8.06. The predicted octanol–water partition coefficient (Wildman–Crippen LogP) is 2.93. The van der Waals surface area contributed by atoms with Gasteiger partial charge in [-0.3, -0.25) is 4.79 Å². The van der Waals surface area contributed by atoms with Crippen LogP contribution in [0.15, 0.2) is 58.4 Å². The van der Waals surface area contributed by atoms with E-state index in [2.05, 4.69) is 4.99 Å². The number of hydrogen-bond acceptors (Lipinski definition) is 5. The average molecular weight is 405 g/mol. The van der Waals surface area contributed by atoms with Crippen LogP contribution < -0.4 is 9.54 Å². The Morgan fingerprint density at radius 3 is 2.59 bits per heavy atom. The molecule has 0 N–H and O–H groups in total. The van der Waals surface area contributed by atoms with Crippen molar-refractivity contribution >= 4 is 37.3 Å². The van der Waals surface area contributed by atoms with Gasteiger partial charge in [0.25, 0.3) is 0 Å². The van der Waals surface area contributed by atoms with Gasteiger partial charge in [0.05, 0.1) is 22.0 Å². The molecule has 0 fully saturated rings. The van der Waals surface area contributed by atoms with Crippen molar-refractivity contribution in [3.05, 3.63) is 53.3 Å². The van der Waals surface area contributed by atoms with E-state index < -0.39 is 15.7 Å². The van der Waals surface area contributed by atoms with Gasteiger partial charge in [-0.25, -0.2) is 8.42 Å². The highest BCUT2D eigenvalue weighted by molar-refractivity contribution is 7.91. The number of thiazole rings is 1. The summed E-state index contributed by atoms with van der Waals surface area (Å²) < 4.78 is 33.0. The van der Waals surface area contributed by atoms with E-state index in [4.69, 9.17) is 4.74 Å². The van der Waals surface area contributed by atoms with Gasteiger partial charge >= 0.3 is 0 Å². The molecule has 0 aliphatic heterocycles. The number of nitrogens with zero attached hydrogens (tertiary/aromatic N) is 2. The number of para-hydroxylation sites is 1. The zero-order valence-corrected chi connectivity index (χ0v) is 16.7. The first-order valence-electron chi connectivity index (χ1n) is 8.49. The molecule has 1 aromatic heterocycles. The van der Waals surface area contributed by atoms with Crippen LogP contribution in [-0.4, -0.2) is 31.3 Å². The molecule has 0 saturated carbocycles. The van der Waals surface area contributed by atoms with Crippen LogP contribution in [0.5, 0.6) is 5.75 Å². The zero-order chi connectivity index (χ0) is 19.4. The number of ether oxygens (including phenoxy) is 1. The van der Waals surface area contributed by atoms with Gasteiger partial charge in [0, 0.05) is 13.5 Å². The van der Waals surface area contributed by atoms with Gasteiger partial charge in [0.2, 0.25) is 5.91 Å². The van der Waals surface area contributed by atoms with E-state index in [1.807, 2.05) is 32.2 Å². The molecular formula is C19H20N2O4S2. The Morgan fingerprint density at radius 1 is 1.15 bits per heavy atom. The molecule has 0 aliphatic rings. The molecule has 0 saturated heterocycles. The molecule has 0 unspecified atom stereocenters. The zero-order valence-electron chi connectivity index (χ0n) is 15.1. The summed E-state index contributed by atoms with van der Waals surface area (Å²) in [6.07, 6.45) is -0.163. The van der Waals surface area contributed by atoms with Crippen LogP contribution in [0.2, 0.25) is 0 Å². The average Bonchev–Trinajstić information content (AvgIpc) is 2.98. The highest BCUT2D eigenvalue weighted by Gasteiger charge is 2.16. The van der Waals surface area contributed by atoms with E-state index in [1.54, 1.807) is 22.8 Å². The minimum atomic E-state index is -3.50. The third-order valence-electron chi connectivity index (χ3n) is 3.99. The topological polar surface area (TPSA) is 77.7 Å². The molecular weight excluding hydrogens is 384 g/mol. The molecule has 2 aromatic carbocycles. The lowest BCUT2D eigenvalue weighted by atomic mass is 10.3. The molecule has 0 atom stereocenters. The number of sulfone groups is 1. The maximum atomic E-state index is 12.3. The van der Waals surface area contributed by atoms with Crippen LogP contribution in [0.4, 0.5) is 0 Å². The number of carbonyl (C=O) groups is 1. The maximum absolute atomic E-state index is 12.3. The standard InChI is InChI=1S/C19H20N2O4S2/c1-3-25-15-10-7-11-16-18(15)21(2)19(26-16)20-17(22)12-13-27(23,24)14-8-5-4-6-9-14/h4-11H,3,12-13H2,1-2H3. The van der Waals surface area contributed by atoms with Crippen LogP contribution >= 0.6 is 11.3 Å². The molecule has 0 aliphatic carbocycles. The van der Waals surface area contributed by atoms with Crippen LogP contribution in [0.1, 0.15) is 13.3 Å². The molecule has 0 radical (unpaired) electrons. The summed E-state index contributed by atoms with van der Waals surface area (Å²) in [4.78, 5) is 17.1. The van der Waals surface area contributed by atoms with Gasteiger partial charge in [-0.15, -0.1) is 0 Å². The SMILES string of the molecule is CCOc1cccc2sc(=NC(=O)CCS(=O)(=O)c3ccccc3)n(C)c12. The first-order chi connectivity index (χ1) is 12.9. The van der Waals surface area contributed by atoms with Crippen LogP contribution in [0, 0.1) is 0 Å². The van der Waals surface area contributed by atoms with Crippen LogP contribution in [0.3, 0.4) is 0 Å². The Hall–Kier alpha value is -2.45. The summed E-state index contributed by atoms with van der Waals surface area (Å²) in [5, 5.41) is 0. The smallest absolute Gasteiger partial charge is 0.249 e. The van der Waals surface area contributed by atoms with Gasteiger partial charge in [-0.1, -0.05) is 35.6 Å². The molecule has 3 rings (SSSR count). The monoisotopic (exact) mass is 404 g/mol. The Bertz CT molecular complexity index is 1130. The minimum Gasteiger partial charge on any atom is -0.492 e. The second-order valence-corrected chi connectivity index (χ2v) is 8.99. The largest absolute Gasteiger partial charge is 0.492 e. The van der Waals surface area contributed by atoms with Gasteiger partial charge in [-0.2, -0.15) is 4.99 Å². The summed E-state index contributed by atoms with van der Waals surface area (Å²) in [7, 11) is -1.69. The number of amides is 1. The fourth-order valence-corrected chi connectivity index (χ4v) is 4.98. The first kappa shape index (κ1) is 19.3. The van der Waals surface area contributed by atoms with Gasteiger partial charge < -0.3 is 9.30 Å². The molecule has 3 aromatic rings. The molecule has 27 heavy (non-hydrogen) atoms. The third-order valence-corrected chi connectivity index (χ3v) is 6.82. The van der Waals surface area contributed by atoms with E-state index in [0.29, 0.717) is 11.4 Å².